The van der Waals surface area contributed by atoms with E-state index in [1.807, 2.05) is 12.1 Å². The summed E-state index contributed by atoms with van der Waals surface area (Å²) in [4.78, 5) is 12.2. The van der Waals surface area contributed by atoms with Crippen molar-refractivity contribution in [3.05, 3.63) is 73.6 Å². The highest BCUT2D eigenvalue weighted by molar-refractivity contribution is 6.35. The number of aryl methyl sites for hydroxylation is 1. The van der Waals surface area contributed by atoms with Crippen LogP contribution in [0.15, 0.2) is 45.6 Å². The summed E-state index contributed by atoms with van der Waals surface area (Å²) in [5, 5.41) is 2.13. The zero-order valence-electron chi connectivity index (χ0n) is 13.5. The van der Waals surface area contributed by atoms with E-state index < -0.39 is 0 Å². The summed E-state index contributed by atoms with van der Waals surface area (Å²) in [6.45, 7) is 0.249. The topological polar surface area (TPSA) is 39.4 Å². The fourth-order valence-electron chi connectivity index (χ4n) is 3.34. The maximum Gasteiger partial charge on any atom is 0.339 e. The zero-order valence-corrected chi connectivity index (χ0v) is 15.0. The van der Waals surface area contributed by atoms with Gasteiger partial charge in [0.05, 0.1) is 0 Å². The van der Waals surface area contributed by atoms with Gasteiger partial charge in [-0.3, -0.25) is 0 Å². The molecule has 0 spiro atoms. The number of hydrogen-bond acceptors (Lipinski definition) is 3. The van der Waals surface area contributed by atoms with E-state index in [0.717, 1.165) is 47.8 Å². The molecule has 25 heavy (non-hydrogen) atoms. The molecule has 0 N–H and O–H groups in total. The monoisotopic (exact) mass is 374 g/mol. The molecule has 0 fully saturated rings. The lowest BCUT2D eigenvalue weighted by molar-refractivity contribution is 0.306. The lowest BCUT2D eigenvalue weighted by atomic mass is 9.91. The van der Waals surface area contributed by atoms with Crippen LogP contribution in [0.2, 0.25) is 10.0 Å². The number of ether oxygens (including phenoxy) is 1. The predicted octanol–water partition coefficient (Wildman–Crippen LogP) is 5.56. The number of rotatable bonds is 3. The summed E-state index contributed by atoms with van der Waals surface area (Å²) in [5.74, 6) is 0.613. The van der Waals surface area contributed by atoms with E-state index in [1.165, 1.54) is 0 Å². The van der Waals surface area contributed by atoms with Gasteiger partial charge in [-0.1, -0.05) is 29.3 Å². The highest BCUT2D eigenvalue weighted by Gasteiger charge is 2.18. The van der Waals surface area contributed by atoms with E-state index in [-0.39, 0.29) is 12.2 Å². The molecule has 1 aliphatic carbocycles. The van der Waals surface area contributed by atoms with Gasteiger partial charge >= 0.3 is 5.63 Å². The van der Waals surface area contributed by atoms with Gasteiger partial charge in [-0.25, -0.2) is 4.79 Å². The van der Waals surface area contributed by atoms with Crippen molar-refractivity contribution in [2.75, 3.05) is 0 Å². The molecule has 0 aliphatic heterocycles. The van der Waals surface area contributed by atoms with Crippen LogP contribution in [0.25, 0.3) is 11.0 Å². The first-order valence-corrected chi connectivity index (χ1v) is 9.03. The maximum atomic E-state index is 12.2. The second-order valence-corrected chi connectivity index (χ2v) is 7.01. The first-order valence-electron chi connectivity index (χ1n) is 8.28. The van der Waals surface area contributed by atoms with Crippen molar-refractivity contribution < 1.29 is 9.15 Å². The van der Waals surface area contributed by atoms with Gasteiger partial charge < -0.3 is 9.15 Å². The van der Waals surface area contributed by atoms with E-state index in [9.17, 15) is 4.79 Å². The summed E-state index contributed by atoms with van der Waals surface area (Å²) in [5.41, 5.74) is 3.02. The second-order valence-electron chi connectivity index (χ2n) is 6.20. The summed E-state index contributed by atoms with van der Waals surface area (Å²) in [7, 11) is 0. The first kappa shape index (κ1) is 16.5. The van der Waals surface area contributed by atoms with Crippen LogP contribution in [0.5, 0.6) is 5.75 Å². The fraction of sp³-hybridized carbons (Fsp3) is 0.250. The van der Waals surface area contributed by atoms with Crippen LogP contribution >= 0.6 is 23.2 Å². The Labute approximate surface area is 155 Å². The third kappa shape index (κ3) is 3.14. The van der Waals surface area contributed by atoms with Crippen LogP contribution in [0.3, 0.4) is 0 Å². The highest BCUT2D eigenvalue weighted by Crippen LogP contribution is 2.30. The Bertz CT molecular complexity index is 987. The first-order chi connectivity index (χ1) is 12.1. The van der Waals surface area contributed by atoms with Crippen molar-refractivity contribution in [2.24, 2.45) is 0 Å². The molecule has 0 radical (unpaired) electrons. The summed E-state index contributed by atoms with van der Waals surface area (Å²) < 4.78 is 11.3. The molecule has 5 heteroatoms. The largest absolute Gasteiger partial charge is 0.489 e. The average molecular weight is 375 g/mol. The molecule has 1 aromatic heterocycles. The third-order valence-corrected chi connectivity index (χ3v) is 5.35. The van der Waals surface area contributed by atoms with Crippen molar-refractivity contribution in [1.82, 2.24) is 0 Å². The van der Waals surface area contributed by atoms with Gasteiger partial charge in [-0.2, -0.15) is 0 Å². The van der Waals surface area contributed by atoms with Crippen LogP contribution in [0.4, 0.5) is 0 Å². The molecule has 3 nitrogen and oxygen atoms in total. The molecule has 0 atom stereocenters. The predicted molar refractivity (Wildman–Crippen MR) is 99.9 cm³/mol. The molecule has 0 saturated carbocycles. The number of halogens is 2. The molecular formula is C20H16Cl2O3. The Hall–Kier alpha value is -1.97. The van der Waals surface area contributed by atoms with E-state index in [2.05, 4.69) is 0 Å². The van der Waals surface area contributed by atoms with E-state index >= 15 is 0 Å². The molecule has 0 unspecified atom stereocenters. The molecule has 0 amide bonds. The fourth-order valence-corrected chi connectivity index (χ4v) is 3.85. The quantitative estimate of drug-likeness (QED) is 0.563. The lowest BCUT2D eigenvalue weighted by Crippen LogP contribution is -2.15. The normalized spacial score (nSPS) is 13.7. The summed E-state index contributed by atoms with van der Waals surface area (Å²) >= 11 is 12.3. The van der Waals surface area contributed by atoms with Gasteiger partial charge in [0.2, 0.25) is 0 Å². The minimum Gasteiger partial charge on any atom is -0.489 e. The van der Waals surface area contributed by atoms with E-state index in [1.54, 1.807) is 24.3 Å². The zero-order chi connectivity index (χ0) is 17.4. The molecule has 1 aliphatic rings. The van der Waals surface area contributed by atoms with Crippen molar-refractivity contribution in [2.45, 2.75) is 32.3 Å². The van der Waals surface area contributed by atoms with Crippen molar-refractivity contribution >= 4 is 34.2 Å². The second kappa shape index (κ2) is 6.74. The van der Waals surface area contributed by atoms with Gasteiger partial charge in [0.1, 0.15) is 17.9 Å². The molecule has 2 aromatic carbocycles. The molecule has 0 saturated heterocycles. The van der Waals surface area contributed by atoms with E-state index in [0.29, 0.717) is 21.4 Å². The molecular weight excluding hydrogens is 359 g/mol. The minimum atomic E-state index is -0.228. The third-order valence-electron chi connectivity index (χ3n) is 4.64. The molecule has 3 aromatic rings. The SMILES string of the molecule is O=c1oc2cc(OCc3c(Cl)cccc3Cl)ccc2c2c1CCCC2. The Balaban J connectivity index is 1.67. The lowest BCUT2D eigenvalue weighted by Gasteiger charge is -2.16. The number of fused-ring (bicyclic) bond motifs is 3. The van der Waals surface area contributed by atoms with Gasteiger partial charge in [0.15, 0.2) is 0 Å². The van der Waals surface area contributed by atoms with Gasteiger partial charge in [-0.05, 0) is 55.5 Å². The van der Waals surface area contributed by atoms with Crippen molar-refractivity contribution in [1.29, 1.82) is 0 Å². The van der Waals surface area contributed by atoms with Gasteiger partial charge in [0.25, 0.3) is 0 Å². The molecule has 1 heterocycles. The maximum absolute atomic E-state index is 12.2. The Kier molecular flexibility index (Phi) is 4.45. The summed E-state index contributed by atoms with van der Waals surface area (Å²) in [6, 6.07) is 11.0. The smallest absolute Gasteiger partial charge is 0.339 e. The molecule has 4 rings (SSSR count). The van der Waals surface area contributed by atoms with Crippen molar-refractivity contribution in [3.8, 4) is 5.75 Å². The highest BCUT2D eigenvalue weighted by atomic mass is 35.5. The van der Waals surface area contributed by atoms with Crippen molar-refractivity contribution in [3.63, 3.8) is 0 Å². The van der Waals surface area contributed by atoms with Gasteiger partial charge in [0, 0.05) is 32.6 Å². The van der Waals surface area contributed by atoms with Crippen LogP contribution < -0.4 is 10.4 Å². The molecule has 0 bridgehead atoms. The molecule has 128 valence electrons. The Morgan fingerprint density at radius 3 is 2.48 bits per heavy atom. The Morgan fingerprint density at radius 2 is 1.72 bits per heavy atom. The van der Waals surface area contributed by atoms with E-state index in [4.69, 9.17) is 32.4 Å². The van der Waals surface area contributed by atoms with Crippen LogP contribution in [0.1, 0.15) is 29.5 Å². The van der Waals surface area contributed by atoms with Gasteiger partial charge in [-0.15, -0.1) is 0 Å². The standard InChI is InChI=1S/C20H16Cl2O3/c21-17-6-3-7-18(22)16(17)11-24-12-8-9-14-13-4-1-2-5-15(13)20(23)25-19(14)10-12/h3,6-10H,1-2,4-5,11H2. The Morgan fingerprint density at radius 1 is 1.00 bits per heavy atom. The number of benzene rings is 2. The minimum absolute atomic E-state index is 0.228. The van der Waals surface area contributed by atoms with Crippen LogP contribution in [0, 0.1) is 0 Å². The summed E-state index contributed by atoms with van der Waals surface area (Å²) in [6.07, 6.45) is 3.88. The van der Waals surface area contributed by atoms with Crippen LogP contribution in [-0.2, 0) is 19.4 Å². The van der Waals surface area contributed by atoms with Crippen LogP contribution in [-0.4, -0.2) is 0 Å². The number of hydrogen-bond donors (Lipinski definition) is 0. The average Bonchev–Trinajstić information content (AvgIpc) is 2.61.